The summed E-state index contributed by atoms with van der Waals surface area (Å²) >= 11 is 0. The molecule has 0 amide bonds. The molecular weight excluding hydrogens is 998 g/mol. The summed E-state index contributed by atoms with van der Waals surface area (Å²) in [7, 11) is 16.6. The van der Waals surface area contributed by atoms with E-state index < -0.39 is 52.5 Å². The summed E-state index contributed by atoms with van der Waals surface area (Å²) in [5.41, 5.74) is 5.36. The molecular formula is C42H62BO16P4Rh-. The van der Waals surface area contributed by atoms with E-state index in [-0.39, 0.29) is 19.5 Å². The number of carbonyl (C=O) groups excluding carboxylic acids is 2. The molecule has 0 heterocycles. The van der Waals surface area contributed by atoms with Gasteiger partial charge in [-0.15, -0.1) is 0 Å². The van der Waals surface area contributed by atoms with Crippen molar-refractivity contribution in [3.8, 4) is 11.8 Å². The van der Waals surface area contributed by atoms with Crippen LogP contribution in [0.5, 0.6) is 0 Å². The predicted octanol–water partition coefficient (Wildman–Crippen LogP) is 7.01. The number of methoxy groups -OCH3 is 2. The summed E-state index contributed by atoms with van der Waals surface area (Å²) in [6.45, 7) is 0. The van der Waals surface area contributed by atoms with Gasteiger partial charge < -0.3 is 63.8 Å². The smallest absolute Gasteiger partial charge is 0.384 e. The van der Waals surface area contributed by atoms with Crippen molar-refractivity contribution in [2.24, 2.45) is 0 Å². The second-order valence-corrected chi connectivity index (χ2v) is 17.0. The molecule has 0 saturated heterocycles. The molecule has 0 saturated carbocycles. The maximum absolute atomic E-state index is 10.2. The van der Waals surface area contributed by atoms with Gasteiger partial charge in [-0.2, -0.15) is 21.9 Å². The number of ether oxygens (including phenoxy) is 2. The quantitative estimate of drug-likeness (QED) is 0.0370. The molecule has 0 spiro atoms. The number of hydrogen-bond acceptors (Lipinski definition) is 16. The zero-order valence-electron chi connectivity index (χ0n) is 38.8. The first kappa shape index (κ1) is 65.6. The zero-order chi connectivity index (χ0) is 47.7. The summed E-state index contributed by atoms with van der Waals surface area (Å²) in [6, 6.07) is 43.5. The molecule has 0 aliphatic heterocycles. The van der Waals surface area contributed by atoms with Gasteiger partial charge in [0.2, 0.25) is 0 Å². The Kier molecular flexibility index (Phi) is 45.3. The van der Waals surface area contributed by atoms with Crippen LogP contribution in [-0.4, -0.2) is 118 Å². The zero-order valence-corrected chi connectivity index (χ0v) is 44.0. The van der Waals surface area contributed by atoms with Gasteiger partial charge in [-0.1, -0.05) is 121 Å². The summed E-state index contributed by atoms with van der Waals surface area (Å²) in [5.74, 6) is 2.28. The number of rotatable bonds is 16. The minimum Gasteiger partial charge on any atom is -0.459 e. The maximum atomic E-state index is 10.2. The van der Waals surface area contributed by atoms with E-state index in [0.717, 1.165) is 0 Å². The van der Waals surface area contributed by atoms with Gasteiger partial charge >= 0.3 is 46.3 Å². The van der Waals surface area contributed by atoms with Crippen LogP contribution in [0.4, 0.5) is 0 Å². The molecule has 4 rings (SSSR count). The number of carbonyl (C=O) groups is 2. The molecule has 0 fully saturated rings. The molecule has 0 atom stereocenters. The number of esters is 2. The third-order valence-corrected chi connectivity index (χ3v) is 11.2. The van der Waals surface area contributed by atoms with E-state index in [1.165, 1.54) is 36.1 Å². The van der Waals surface area contributed by atoms with E-state index >= 15 is 0 Å². The third kappa shape index (κ3) is 27.1. The van der Waals surface area contributed by atoms with Gasteiger partial charge in [0.25, 0.3) is 0 Å². The molecule has 359 valence electrons. The van der Waals surface area contributed by atoms with Crippen LogP contribution in [0, 0.1) is 11.8 Å². The molecule has 0 aliphatic rings. The van der Waals surface area contributed by atoms with Crippen molar-refractivity contribution in [2.45, 2.75) is 0 Å². The van der Waals surface area contributed by atoms with Crippen LogP contribution in [0.25, 0.3) is 0 Å². The fourth-order valence-electron chi connectivity index (χ4n) is 5.22. The molecule has 0 aromatic heterocycles. The van der Waals surface area contributed by atoms with Crippen LogP contribution in [0.15, 0.2) is 121 Å². The second-order valence-electron chi connectivity index (χ2n) is 10.8. The Morgan fingerprint density at radius 2 is 0.484 bits per heavy atom. The van der Waals surface area contributed by atoms with Gasteiger partial charge in [0.1, 0.15) is 6.15 Å². The van der Waals surface area contributed by atoms with Crippen LogP contribution in [0.1, 0.15) is 0 Å². The Labute approximate surface area is 398 Å². The number of benzene rings is 4. The summed E-state index contributed by atoms with van der Waals surface area (Å²) < 4.78 is 64.3. The molecule has 0 N–H and O–H groups in total. The van der Waals surface area contributed by atoms with E-state index in [9.17, 15) is 9.59 Å². The van der Waals surface area contributed by atoms with E-state index in [4.69, 9.17) is 0 Å². The van der Waals surface area contributed by atoms with Crippen molar-refractivity contribution in [2.75, 3.05) is 99.5 Å². The van der Waals surface area contributed by atoms with Crippen molar-refractivity contribution in [3.63, 3.8) is 0 Å². The number of hydrogen-bond donors (Lipinski definition) is 0. The molecule has 64 heavy (non-hydrogen) atoms. The Balaban J connectivity index is -0.000000796. The summed E-state index contributed by atoms with van der Waals surface area (Å²) in [4.78, 5) is 20.5. The molecule has 0 aliphatic carbocycles. The van der Waals surface area contributed by atoms with Gasteiger partial charge in [0, 0.05) is 117 Å². The average molecular weight is 1060 g/mol. The molecule has 1 radical (unpaired) electrons. The van der Waals surface area contributed by atoms with Crippen LogP contribution in [0.3, 0.4) is 0 Å². The van der Waals surface area contributed by atoms with Crippen LogP contribution in [-0.2, 0) is 92.8 Å². The van der Waals surface area contributed by atoms with Crippen LogP contribution < -0.4 is 21.9 Å². The topological polar surface area (TPSA) is 163 Å². The van der Waals surface area contributed by atoms with Crippen LogP contribution in [0.2, 0.25) is 0 Å². The monoisotopic (exact) mass is 1060 g/mol. The molecule has 16 nitrogen and oxygen atoms in total. The average Bonchev–Trinajstić information content (AvgIpc) is 3.35. The van der Waals surface area contributed by atoms with Crippen molar-refractivity contribution >= 4 is 74.3 Å². The molecule has 0 bridgehead atoms. The van der Waals surface area contributed by atoms with Gasteiger partial charge in [-0.25, -0.2) is 9.59 Å². The first-order valence-corrected chi connectivity index (χ1v) is 22.7. The Morgan fingerprint density at radius 3 is 0.594 bits per heavy atom. The first-order chi connectivity index (χ1) is 30.5. The minimum atomic E-state index is -1.22. The van der Waals surface area contributed by atoms with Crippen LogP contribution >= 0.6 is 34.4 Å². The van der Waals surface area contributed by atoms with E-state index in [1.54, 1.807) is 85.3 Å². The SMILES string of the molecule is COC(=O)C#CC(=O)OC.COP(OC)OC.COP(OC)OC.COP(OC)OC.COP(OC)OC.[Rh].c1ccc([B-](c2ccccc2)(c2ccccc2)c2ccccc2)cc1. The fraction of sp³-hybridized carbons (Fsp3) is 0.333. The maximum Gasteiger partial charge on any atom is 0.384 e. The molecule has 22 heteroatoms. The van der Waals surface area contributed by atoms with Crippen molar-refractivity contribution in [1.82, 2.24) is 0 Å². The van der Waals surface area contributed by atoms with Crippen molar-refractivity contribution in [1.29, 1.82) is 0 Å². The third-order valence-electron chi connectivity index (χ3n) is 7.62. The molecule has 0 unspecified atom stereocenters. The largest absolute Gasteiger partial charge is 0.459 e. The van der Waals surface area contributed by atoms with E-state index in [1.807, 2.05) is 11.8 Å². The second kappa shape index (κ2) is 44.2. The Hall–Kier alpha value is -2.69. The van der Waals surface area contributed by atoms with Gasteiger partial charge in [-0.3, -0.25) is 0 Å². The van der Waals surface area contributed by atoms with Gasteiger partial charge in [-0.05, 0) is 0 Å². The van der Waals surface area contributed by atoms with E-state index in [2.05, 4.69) is 185 Å². The van der Waals surface area contributed by atoms with E-state index in [0.29, 0.717) is 0 Å². The van der Waals surface area contributed by atoms with Gasteiger partial charge in [0.15, 0.2) is 0 Å². The summed E-state index contributed by atoms with van der Waals surface area (Å²) in [5, 5.41) is 0. The standard InChI is InChI=1S/C24H20B.C6H6O4.4C3H9O3P.Rh/c1-5-13-21(14-6-1)25(22-15-7-2-8-16-22,23-17-9-3-10-18-23)24-19-11-4-12-20-24;1-9-5(7)3-4-6(8)10-2;4*1-4-7(5-2)6-3;/h1-20H;1-2H3;4*1-3H3;/q-1;;;;;;. The fourth-order valence-corrected chi connectivity index (χ4v) is 7.01. The Morgan fingerprint density at radius 1 is 0.328 bits per heavy atom. The minimum absolute atomic E-state index is 0. The summed E-state index contributed by atoms with van der Waals surface area (Å²) in [6.07, 6.45) is -1.22. The van der Waals surface area contributed by atoms with Crippen molar-refractivity contribution in [3.05, 3.63) is 121 Å². The Bertz CT molecular complexity index is 1470. The van der Waals surface area contributed by atoms with Crippen molar-refractivity contribution < 1.29 is 92.8 Å². The molecule has 4 aromatic rings. The van der Waals surface area contributed by atoms with Gasteiger partial charge in [0.05, 0.1) is 14.2 Å². The predicted molar refractivity (Wildman–Crippen MR) is 254 cm³/mol. The normalized spacial score (nSPS) is 9.97. The molecule has 4 aromatic carbocycles. The first-order valence-electron chi connectivity index (χ1n) is 18.3.